The van der Waals surface area contributed by atoms with E-state index < -0.39 is 0 Å². The van der Waals surface area contributed by atoms with Crippen molar-refractivity contribution in [2.75, 3.05) is 12.4 Å². The zero-order valence-corrected chi connectivity index (χ0v) is 17.6. The number of carbonyl (C=O) groups excluding carboxylic acids is 1. The lowest BCUT2D eigenvalue weighted by molar-refractivity contribution is -0.115. The fraction of sp³-hybridized carbons (Fsp3) is 0.143. The molecule has 30 heavy (non-hydrogen) atoms. The minimum Gasteiger partial charge on any atom is -0.497 e. The number of aromatic nitrogens is 3. The van der Waals surface area contributed by atoms with Crippen molar-refractivity contribution in [1.82, 2.24) is 15.2 Å². The van der Waals surface area contributed by atoms with Crippen LogP contribution >= 0.6 is 22.7 Å². The molecule has 6 nitrogen and oxygen atoms in total. The van der Waals surface area contributed by atoms with Gasteiger partial charge in [0.2, 0.25) is 11.0 Å². The van der Waals surface area contributed by atoms with Crippen molar-refractivity contribution in [3.05, 3.63) is 76.0 Å². The summed E-state index contributed by atoms with van der Waals surface area (Å²) in [7, 11) is 1.63. The number of rotatable bonds is 7. The van der Waals surface area contributed by atoms with Crippen LogP contribution < -0.4 is 10.1 Å². The van der Waals surface area contributed by atoms with Crippen molar-refractivity contribution in [2.45, 2.75) is 12.8 Å². The van der Waals surface area contributed by atoms with E-state index in [2.05, 4.69) is 20.5 Å². The maximum absolute atomic E-state index is 13.9. The number of amides is 1. The molecule has 0 aliphatic carbocycles. The normalized spacial score (nSPS) is 10.7. The minimum atomic E-state index is -0.332. The highest BCUT2D eigenvalue weighted by atomic mass is 32.1. The molecule has 9 heteroatoms. The smallest absolute Gasteiger partial charge is 0.232 e. The minimum absolute atomic E-state index is 0.0817. The number of hydrogen-bond acceptors (Lipinski definition) is 7. The largest absolute Gasteiger partial charge is 0.497 e. The number of anilines is 1. The van der Waals surface area contributed by atoms with E-state index >= 15 is 0 Å². The number of hydrogen-bond donors (Lipinski definition) is 1. The molecule has 152 valence electrons. The lowest BCUT2D eigenvalue weighted by Crippen LogP contribution is -2.14. The molecule has 0 radical (unpaired) electrons. The standard InChI is InChI=1S/C21H17FN4O2S2/c1-28-15-8-6-13(7-9-15)10-19-25-26-21(30-19)24-18(27)11-14-12-29-20(23-14)16-4-2-3-5-17(16)22/h2-9,12H,10-11H2,1H3,(H,24,26,27). The molecule has 2 heterocycles. The zero-order valence-electron chi connectivity index (χ0n) is 16.0. The predicted molar refractivity (Wildman–Crippen MR) is 116 cm³/mol. The molecule has 0 saturated heterocycles. The highest BCUT2D eigenvalue weighted by molar-refractivity contribution is 7.15. The monoisotopic (exact) mass is 440 g/mol. The van der Waals surface area contributed by atoms with Gasteiger partial charge < -0.3 is 10.1 Å². The van der Waals surface area contributed by atoms with Crippen molar-refractivity contribution in [2.24, 2.45) is 0 Å². The summed E-state index contributed by atoms with van der Waals surface area (Å²) in [5.41, 5.74) is 2.09. The third-order valence-electron chi connectivity index (χ3n) is 4.23. The molecule has 0 saturated carbocycles. The summed E-state index contributed by atoms with van der Waals surface area (Å²) in [4.78, 5) is 16.7. The van der Waals surface area contributed by atoms with E-state index in [-0.39, 0.29) is 18.1 Å². The van der Waals surface area contributed by atoms with Crippen LogP contribution in [-0.2, 0) is 17.6 Å². The molecule has 0 fully saturated rings. The van der Waals surface area contributed by atoms with Crippen LogP contribution in [0.1, 0.15) is 16.3 Å². The molecule has 4 aromatic rings. The summed E-state index contributed by atoms with van der Waals surface area (Å²) >= 11 is 2.64. The Labute approximate surface area is 180 Å². The lowest BCUT2D eigenvalue weighted by atomic mass is 10.1. The van der Waals surface area contributed by atoms with Crippen molar-refractivity contribution >= 4 is 33.7 Å². The molecule has 0 spiro atoms. The van der Waals surface area contributed by atoms with E-state index in [1.165, 1.54) is 28.7 Å². The predicted octanol–water partition coefficient (Wildman–Crippen LogP) is 4.58. The molecule has 1 amide bonds. The Balaban J connectivity index is 1.35. The summed E-state index contributed by atoms with van der Waals surface area (Å²) < 4.78 is 19.1. The second kappa shape index (κ2) is 9.10. The van der Waals surface area contributed by atoms with E-state index in [0.717, 1.165) is 16.3 Å². The Morgan fingerprint density at radius 3 is 2.70 bits per heavy atom. The average molecular weight is 441 g/mol. The number of thiazole rings is 1. The first-order valence-electron chi connectivity index (χ1n) is 9.05. The van der Waals surface area contributed by atoms with Crippen molar-refractivity contribution in [3.8, 4) is 16.3 Å². The summed E-state index contributed by atoms with van der Waals surface area (Å²) in [6, 6.07) is 14.2. The third kappa shape index (κ3) is 4.87. The molecular weight excluding hydrogens is 423 g/mol. The molecule has 0 aliphatic rings. The summed E-state index contributed by atoms with van der Waals surface area (Å²) in [6.45, 7) is 0. The maximum atomic E-state index is 13.9. The van der Waals surface area contributed by atoms with Gasteiger partial charge in [0.25, 0.3) is 0 Å². The van der Waals surface area contributed by atoms with E-state index in [1.54, 1.807) is 30.7 Å². The van der Waals surface area contributed by atoms with Crippen LogP contribution in [0.5, 0.6) is 5.75 Å². The van der Waals surface area contributed by atoms with Crippen molar-refractivity contribution < 1.29 is 13.9 Å². The first-order chi connectivity index (χ1) is 14.6. The number of halogens is 1. The summed E-state index contributed by atoms with van der Waals surface area (Å²) in [6.07, 6.45) is 0.702. The molecule has 2 aromatic carbocycles. The molecule has 0 atom stereocenters. The fourth-order valence-corrected chi connectivity index (χ4v) is 4.40. The van der Waals surface area contributed by atoms with Gasteiger partial charge in [-0.05, 0) is 29.8 Å². The third-order valence-corrected chi connectivity index (χ3v) is 5.99. The SMILES string of the molecule is COc1ccc(Cc2nnc(NC(=O)Cc3csc(-c4ccccc4F)n3)s2)cc1. The van der Waals surface area contributed by atoms with E-state index in [1.807, 2.05) is 24.3 Å². The van der Waals surface area contributed by atoms with Crippen molar-refractivity contribution in [3.63, 3.8) is 0 Å². The summed E-state index contributed by atoms with van der Waals surface area (Å²) in [5.74, 6) is 0.220. The number of benzene rings is 2. The average Bonchev–Trinajstić information content (AvgIpc) is 3.38. The van der Waals surface area contributed by atoms with Gasteiger partial charge in [-0.25, -0.2) is 9.37 Å². The van der Waals surface area contributed by atoms with Crippen LogP contribution in [0.3, 0.4) is 0 Å². The first kappa shape index (κ1) is 20.1. The zero-order chi connectivity index (χ0) is 20.9. The van der Waals surface area contributed by atoms with Gasteiger partial charge in [0.1, 0.15) is 21.6 Å². The van der Waals surface area contributed by atoms with Gasteiger partial charge >= 0.3 is 0 Å². The molecule has 0 aliphatic heterocycles. The number of methoxy groups -OCH3 is 1. The Bertz CT molecular complexity index is 1160. The van der Waals surface area contributed by atoms with Crippen LogP contribution in [-0.4, -0.2) is 28.2 Å². The quantitative estimate of drug-likeness (QED) is 0.455. The number of ether oxygens (including phenoxy) is 1. The molecular formula is C21H17FN4O2S2. The van der Waals surface area contributed by atoms with Crippen LogP contribution in [0, 0.1) is 5.82 Å². The number of carbonyl (C=O) groups is 1. The molecule has 0 unspecified atom stereocenters. The lowest BCUT2D eigenvalue weighted by Gasteiger charge is -2.01. The topological polar surface area (TPSA) is 77.0 Å². The fourth-order valence-electron chi connectivity index (χ4n) is 2.77. The van der Waals surface area contributed by atoms with Gasteiger partial charge in [0, 0.05) is 17.4 Å². The Kier molecular flexibility index (Phi) is 6.10. The Hall–Kier alpha value is -3.17. The van der Waals surface area contributed by atoms with E-state index in [4.69, 9.17) is 4.74 Å². The van der Waals surface area contributed by atoms with Crippen LogP contribution in [0.25, 0.3) is 10.6 Å². The number of nitrogens with zero attached hydrogens (tertiary/aromatic N) is 3. The van der Waals surface area contributed by atoms with E-state index in [9.17, 15) is 9.18 Å². The van der Waals surface area contributed by atoms with Crippen LogP contribution in [0.15, 0.2) is 53.9 Å². The second-order valence-corrected chi connectivity index (χ2v) is 8.29. The highest BCUT2D eigenvalue weighted by Gasteiger charge is 2.13. The highest BCUT2D eigenvalue weighted by Crippen LogP contribution is 2.26. The second-order valence-electron chi connectivity index (χ2n) is 6.37. The van der Waals surface area contributed by atoms with Gasteiger partial charge in [-0.2, -0.15) is 0 Å². The van der Waals surface area contributed by atoms with E-state index in [0.29, 0.717) is 27.8 Å². The Morgan fingerprint density at radius 2 is 1.93 bits per heavy atom. The van der Waals surface area contributed by atoms with Gasteiger partial charge in [0.05, 0.1) is 19.2 Å². The van der Waals surface area contributed by atoms with Crippen LogP contribution in [0.2, 0.25) is 0 Å². The molecule has 4 rings (SSSR count). The van der Waals surface area contributed by atoms with Gasteiger partial charge in [-0.1, -0.05) is 35.6 Å². The first-order valence-corrected chi connectivity index (χ1v) is 10.7. The molecule has 0 bridgehead atoms. The molecule has 1 N–H and O–H groups in total. The Morgan fingerprint density at radius 1 is 1.13 bits per heavy atom. The summed E-state index contributed by atoms with van der Waals surface area (Å²) in [5, 5.41) is 14.5. The maximum Gasteiger partial charge on any atom is 0.232 e. The van der Waals surface area contributed by atoms with Gasteiger partial charge in [-0.15, -0.1) is 21.5 Å². The van der Waals surface area contributed by atoms with Gasteiger partial charge in [0.15, 0.2) is 0 Å². The molecule has 2 aromatic heterocycles. The number of nitrogens with one attached hydrogen (secondary N) is 1. The van der Waals surface area contributed by atoms with Gasteiger partial charge in [-0.3, -0.25) is 4.79 Å². The van der Waals surface area contributed by atoms with Crippen molar-refractivity contribution in [1.29, 1.82) is 0 Å². The van der Waals surface area contributed by atoms with Crippen LogP contribution in [0.4, 0.5) is 9.52 Å².